The number of anilines is 1. The monoisotopic (exact) mass is 348 g/mol. The summed E-state index contributed by atoms with van der Waals surface area (Å²) in [5.41, 5.74) is 1.97. The minimum Gasteiger partial charge on any atom is -0.486 e. The molecule has 2 N–H and O–H groups in total. The summed E-state index contributed by atoms with van der Waals surface area (Å²) in [6.45, 7) is 0.934. The van der Waals surface area contributed by atoms with Crippen LogP contribution < -0.4 is 10.1 Å². The molecule has 0 unspecified atom stereocenters. The van der Waals surface area contributed by atoms with Gasteiger partial charge in [-0.1, -0.05) is 53.5 Å². The summed E-state index contributed by atoms with van der Waals surface area (Å²) in [4.78, 5) is 3.99. The number of hydrogen-bond donors (Lipinski definition) is 2. The molecule has 0 saturated heterocycles. The van der Waals surface area contributed by atoms with Gasteiger partial charge in [0.1, 0.15) is 12.9 Å². The number of nitrogens with one attached hydrogen (secondary N) is 2. The van der Waals surface area contributed by atoms with Crippen LogP contribution in [0.2, 0.25) is 10.0 Å². The van der Waals surface area contributed by atoms with E-state index in [0.29, 0.717) is 34.9 Å². The van der Waals surface area contributed by atoms with Gasteiger partial charge in [0, 0.05) is 6.54 Å². The number of halogens is 2. The lowest BCUT2D eigenvalue weighted by atomic mass is 10.2. The zero-order valence-corrected chi connectivity index (χ0v) is 13.6. The summed E-state index contributed by atoms with van der Waals surface area (Å²) in [6.07, 6.45) is 1.43. The third-order valence-corrected chi connectivity index (χ3v) is 3.72. The van der Waals surface area contributed by atoms with Crippen LogP contribution in [-0.2, 0) is 13.2 Å². The van der Waals surface area contributed by atoms with E-state index in [0.717, 1.165) is 11.1 Å². The molecule has 7 heteroatoms. The first kappa shape index (κ1) is 15.6. The summed E-state index contributed by atoms with van der Waals surface area (Å²) >= 11 is 12.6. The molecule has 0 aliphatic rings. The Kier molecular flexibility index (Phi) is 5.00. The fraction of sp³-hybridized carbons (Fsp3) is 0.125. The second-order valence-electron chi connectivity index (χ2n) is 4.85. The van der Waals surface area contributed by atoms with Crippen LogP contribution in [0.3, 0.4) is 0 Å². The first-order chi connectivity index (χ1) is 11.2. The van der Waals surface area contributed by atoms with Gasteiger partial charge in [0.2, 0.25) is 5.95 Å². The minimum absolute atomic E-state index is 0.413. The molecule has 5 nitrogen and oxygen atoms in total. The Bertz CT molecular complexity index is 740. The third kappa shape index (κ3) is 4.15. The van der Waals surface area contributed by atoms with Crippen LogP contribution in [-0.4, -0.2) is 15.2 Å². The van der Waals surface area contributed by atoms with Crippen molar-refractivity contribution in [1.29, 1.82) is 0 Å². The van der Waals surface area contributed by atoms with E-state index >= 15 is 0 Å². The number of H-pyrrole nitrogens is 1. The number of benzene rings is 2. The lowest BCUT2D eigenvalue weighted by molar-refractivity contribution is 0.306. The third-order valence-electron chi connectivity index (χ3n) is 3.16. The van der Waals surface area contributed by atoms with Crippen LogP contribution in [0, 0.1) is 0 Å². The number of nitrogens with zero attached hydrogens (tertiary/aromatic N) is 2. The summed E-state index contributed by atoms with van der Waals surface area (Å²) in [5.74, 6) is 1.07. The van der Waals surface area contributed by atoms with Crippen molar-refractivity contribution in [3.8, 4) is 5.75 Å². The number of aromatic nitrogens is 3. The molecular weight excluding hydrogens is 335 g/mol. The van der Waals surface area contributed by atoms with Crippen molar-refractivity contribution >= 4 is 29.2 Å². The van der Waals surface area contributed by atoms with E-state index in [4.69, 9.17) is 27.9 Å². The summed E-state index contributed by atoms with van der Waals surface area (Å²) < 4.78 is 5.75. The molecule has 0 bridgehead atoms. The molecule has 0 spiro atoms. The van der Waals surface area contributed by atoms with Gasteiger partial charge >= 0.3 is 0 Å². The van der Waals surface area contributed by atoms with E-state index in [1.807, 2.05) is 42.5 Å². The van der Waals surface area contributed by atoms with Crippen LogP contribution in [0.1, 0.15) is 11.1 Å². The molecule has 23 heavy (non-hydrogen) atoms. The Hall–Kier alpha value is -2.24. The van der Waals surface area contributed by atoms with Gasteiger partial charge in [0.25, 0.3) is 0 Å². The van der Waals surface area contributed by atoms with Crippen molar-refractivity contribution in [1.82, 2.24) is 15.2 Å². The smallest absolute Gasteiger partial charge is 0.218 e. The second-order valence-corrected chi connectivity index (χ2v) is 5.66. The molecule has 0 fully saturated rings. The Balaban J connectivity index is 1.67. The maximum absolute atomic E-state index is 6.29. The van der Waals surface area contributed by atoms with E-state index in [2.05, 4.69) is 20.5 Å². The normalized spacial score (nSPS) is 10.5. The molecule has 3 rings (SSSR count). The van der Waals surface area contributed by atoms with Gasteiger partial charge < -0.3 is 10.1 Å². The highest BCUT2D eigenvalue weighted by Crippen LogP contribution is 2.35. The maximum Gasteiger partial charge on any atom is 0.218 e. The molecule has 0 radical (unpaired) electrons. The predicted molar refractivity (Wildman–Crippen MR) is 90.9 cm³/mol. The highest BCUT2D eigenvalue weighted by molar-refractivity contribution is 6.37. The Labute approximate surface area is 143 Å². The maximum atomic E-state index is 6.29. The van der Waals surface area contributed by atoms with Gasteiger partial charge in [-0.3, -0.25) is 0 Å². The standard InChI is InChI=1S/C16H14Cl2N4O/c17-13-6-12(8-19-16-20-10-21-22-16)7-14(18)15(13)23-9-11-4-2-1-3-5-11/h1-7,10H,8-9H2,(H2,19,20,21,22). The first-order valence-electron chi connectivity index (χ1n) is 6.96. The quantitative estimate of drug-likeness (QED) is 0.696. The largest absolute Gasteiger partial charge is 0.486 e. The lowest BCUT2D eigenvalue weighted by Gasteiger charge is -2.12. The Morgan fingerprint density at radius 3 is 2.43 bits per heavy atom. The average Bonchev–Trinajstić information content (AvgIpc) is 3.06. The number of hydrogen-bond acceptors (Lipinski definition) is 4. The zero-order chi connectivity index (χ0) is 16.1. The summed E-state index contributed by atoms with van der Waals surface area (Å²) in [6, 6.07) is 13.5. The van der Waals surface area contributed by atoms with E-state index in [9.17, 15) is 0 Å². The van der Waals surface area contributed by atoms with Crippen LogP contribution in [0.15, 0.2) is 48.8 Å². The number of aromatic amines is 1. The van der Waals surface area contributed by atoms with Gasteiger partial charge in [-0.15, -0.1) is 0 Å². The lowest BCUT2D eigenvalue weighted by Crippen LogP contribution is -2.02. The van der Waals surface area contributed by atoms with Gasteiger partial charge in [0.05, 0.1) is 10.0 Å². The van der Waals surface area contributed by atoms with Crippen molar-refractivity contribution in [2.45, 2.75) is 13.2 Å². The van der Waals surface area contributed by atoms with Crippen LogP contribution >= 0.6 is 23.2 Å². The second kappa shape index (κ2) is 7.35. The number of ether oxygens (including phenoxy) is 1. The molecule has 0 aliphatic heterocycles. The summed E-state index contributed by atoms with van der Waals surface area (Å²) in [7, 11) is 0. The zero-order valence-electron chi connectivity index (χ0n) is 12.1. The molecule has 0 saturated carbocycles. The van der Waals surface area contributed by atoms with Gasteiger partial charge in [0.15, 0.2) is 5.75 Å². The van der Waals surface area contributed by atoms with E-state index in [-0.39, 0.29) is 0 Å². The van der Waals surface area contributed by atoms with Crippen molar-refractivity contribution in [2.75, 3.05) is 5.32 Å². The van der Waals surface area contributed by atoms with Crippen LogP contribution in [0.4, 0.5) is 5.95 Å². The first-order valence-corrected chi connectivity index (χ1v) is 7.72. The molecule has 0 amide bonds. The van der Waals surface area contributed by atoms with Gasteiger partial charge in [-0.25, -0.2) is 10.1 Å². The van der Waals surface area contributed by atoms with Crippen LogP contribution in [0.25, 0.3) is 0 Å². The molecular formula is C16H14Cl2N4O. The highest BCUT2D eigenvalue weighted by atomic mass is 35.5. The number of rotatable bonds is 6. The average molecular weight is 349 g/mol. The van der Waals surface area contributed by atoms with Crippen molar-refractivity contribution in [3.63, 3.8) is 0 Å². The fourth-order valence-corrected chi connectivity index (χ4v) is 2.70. The molecule has 3 aromatic rings. The molecule has 2 aromatic carbocycles. The van der Waals surface area contributed by atoms with Crippen LogP contribution in [0.5, 0.6) is 5.75 Å². The molecule has 1 aromatic heterocycles. The fourth-order valence-electron chi connectivity index (χ4n) is 2.06. The Morgan fingerprint density at radius 1 is 1.04 bits per heavy atom. The molecule has 0 atom stereocenters. The van der Waals surface area contributed by atoms with E-state index in [1.165, 1.54) is 6.33 Å². The molecule has 118 valence electrons. The van der Waals surface area contributed by atoms with Crippen molar-refractivity contribution < 1.29 is 4.74 Å². The van der Waals surface area contributed by atoms with E-state index < -0.39 is 0 Å². The minimum atomic E-state index is 0.413. The van der Waals surface area contributed by atoms with Gasteiger partial charge in [-0.05, 0) is 23.3 Å². The van der Waals surface area contributed by atoms with Gasteiger partial charge in [-0.2, -0.15) is 5.10 Å². The molecule has 1 heterocycles. The predicted octanol–water partition coefficient (Wildman–Crippen LogP) is 4.30. The topological polar surface area (TPSA) is 62.8 Å². The van der Waals surface area contributed by atoms with E-state index in [1.54, 1.807) is 0 Å². The highest BCUT2D eigenvalue weighted by Gasteiger charge is 2.10. The summed E-state index contributed by atoms with van der Waals surface area (Å²) in [5, 5.41) is 10.5. The van der Waals surface area contributed by atoms with Crippen molar-refractivity contribution in [3.05, 3.63) is 70.0 Å². The molecule has 0 aliphatic carbocycles. The van der Waals surface area contributed by atoms with Crippen molar-refractivity contribution in [2.24, 2.45) is 0 Å². The Morgan fingerprint density at radius 2 is 1.78 bits per heavy atom. The SMILES string of the molecule is Clc1cc(CNc2ncn[nH]2)cc(Cl)c1OCc1ccccc1.